The first kappa shape index (κ1) is 17.3. The quantitative estimate of drug-likeness (QED) is 0.732. The summed E-state index contributed by atoms with van der Waals surface area (Å²) < 4.78 is 11.4. The molecule has 2 bridgehead atoms. The lowest BCUT2D eigenvalue weighted by Crippen LogP contribution is -2.62. The van der Waals surface area contributed by atoms with Crippen molar-refractivity contribution in [1.82, 2.24) is 10.2 Å². The van der Waals surface area contributed by atoms with E-state index in [1.807, 2.05) is 42.5 Å². The van der Waals surface area contributed by atoms with E-state index < -0.39 is 0 Å². The van der Waals surface area contributed by atoms with Crippen LogP contribution in [-0.4, -0.2) is 36.0 Å². The molecule has 0 aliphatic carbocycles. The molecular formula is C23H24N2O3. The van der Waals surface area contributed by atoms with Crippen molar-refractivity contribution in [2.24, 2.45) is 5.92 Å². The lowest BCUT2D eigenvalue weighted by atomic mass is 9.79. The number of furan rings is 2. The molecule has 3 aliphatic heterocycles. The summed E-state index contributed by atoms with van der Waals surface area (Å²) >= 11 is 0. The molecule has 1 N–H and O–H groups in total. The summed E-state index contributed by atoms with van der Waals surface area (Å²) in [5.74, 6) is 2.30. The van der Waals surface area contributed by atoms with E-state index in [2.05, 4.69) is 17.1 Å². The van der Waals surface area contributed by atoms with E-state index in [0.29, 0.717) is 23.5 Å². The van der Waals surface area contributed by atoms with E-state index in [9.17, 15) is 4.79 Å². The van der Waals surface area contributed by atoms with Gasteiger partial charge in [-0.05, 0) is 69.1 Å². The minimum atomic E-state index is -0.126. The van der Waals surface area contributed by atoms with Crippen molar-refractivity contribution in [3.63, 3.8) is 0 Å². The van der Waals surface area contributed by atoms with E-state index in [4.69, 9.17) is 8.83 Å². The molecule has 0 radical (unpaired) electrons. The molecule has 3 saturated heterocycles. The number of piperidine rings is 3. The van der Waals surface area contributed by atoms with Gasteiger partial charge in [0.25, 0.3) is 5.91 Å². The zero-order valence-corrected chi connectivity index (χ0v) is 15.9. The van der Waals surface area contributed by atoms with Gasteiger partial charge in [0.1, 0.15) is 11.5 Å². The fourth-order valence-electron chi connectivity index (χ4n) is 4.65. The van der Waals surface area contributed by atoms with Crippen LogP contribution in [0.4, 0.5) is 0 Å². The molecule has 28 heavy (non-hydrogen) atoms. The number of nitrogens with zero attached hydrogens (tertiary/aromatic N) is 1. The van der Waals surface area contributed by atoms with E-state index in [1.54, 1.807) is 12.3 Å². The predicted octanol–water partition coefficient (Wildman–Crippen LogP) is 4.42. The number of amides is 1. The number of carbonyl (C=O) groups excluding carboxylic acids is 1. The molecule has 3 fully saturated rings. The average molecular weight is 376 g/mol. The highest BCUT2D eigenvalue weighted by molar-refractivity contribution is 5.92. The minimum Gasteiger partial charge on any atom is -0.464 e. The van der Waals surface area contributed by atoms with E-state index in [1.165, 1.54) is 0 Å². The lowest BCUT2D eigenvalue weighted by molar-refractivity contribution is 0.0211. The number of benzene rings is 1. The first-order valence-corrected chi connectivity index (χ1v) is 9.98. The number of carbonyl (C=O) groups is 1. The van der Waals surface area contributed by atoms with E-state index >= 15 is 0 Å². The van der Waals surface area contributed by atoms with Gasteiger partial charge in [-0.25, -0.2) is 0 Å². The van der Waals surface area contributed by atoms with Gasteiger partial charge in [-0.2, -0.15) is 0 Å². The number of rotatable bonds is 4. The molecular weight excluding hydrogens is 352 g/mol. The summed E-state index contributed by atoms with van der Waals surface area (Å²) in [6.45, 7) is 4.51. The SMILES string of the molecule is C[C@H]1[C@H](NC(=O)c2ccc(-c3cccc(-c4ccco4)c3)o2)C2CCN1CC2. The zero-order valence-electron chi connectivity index (χ0n) is 15.9. The second-order valence-electron chi connectivity index (χ2n) is 7.84. The number of nitrogens with one attached hydrogen (secondary N) is 1. The van der Waals surface area contributed by atoms with Crippen LogP contribution in [0.2, 0.25) is 0 Å². The molecule has 5 heteroatoms. The highest BCUT2D eigenvalue weighted by atomic mass is 16.4. The molecule has 0 spiro atoms. The molecule has 3 aromatic rings. The fourth-order valence-corrected chi connectivity index (χ4v) is 4.65. The molecule has 2 atom stereocenters. The van der Waals surface area contributed by atoms with Crippen molar-refractivity contribution in [2.75, 3.05) is 13.1 Å². The average Bonchev–Trinajstić information content (AvgIpc) is 3.43. The van der Waals surface area contributed by atoms with Crippen LogP contribution in [-0.2, 0) is 0 Å². The van der Waals surface area contributed by atoms with E-state index in [0.717, 1.165) is 42.8 Å². The van der Waals surface area contributed by atoms with Gasteiger partial charge in [0.2, 0.25) is 0 Å². The smallest absolute Gasteiger partial charge is 0.287 e. The van der Waals surface area contributed by atoms with Crippen LogP contribution in [0.25, 0.3) is 22.6 Å². The maximum Gasteiger partial charge on any atom is 0.287 e. The molecule has 1 aromatic carbocycles. The Balaban J connectivity index is 1.34. The monoisotopic (exact) mass is 376 g/mol. The Morgan fingerprint density at radius 2 is 1.82 bits per heavy atom. The van der Waals surface area contributed by atoms with Gasteiger partial charge in [0.15, 0.2) is 5.76 Å². The van der Waals surface area contributed by atoms with Crippen molar-refractivity contribution in [3.8, 4) is 22.6 Å². The molecule has 6 rings (SSSR count). The Bertz CT molecular complexity index is 965. The van der Waals surface area contributed by atoms with Gasteiger partial charge in [0.05, 0.1) is 6.26 Å². The zero-order chi connectivity index (χ0) is 19.1. The van der Waals surface area contributed by atoms with Crippen LogP contribution in [0.3, 0.4) is 0 Å². The molecule has 0 saturated carbocycles. The fraction of sp³-hybridized carbons (Fsp3) is 0.348. The minimum absolute atomic E-state index is 0.126. The second-order valence-corrected chi connectivity index (χ2v) is 7.84. The third-order valence-electron chi connectivity index (χ3n) is 6.26. The molecule has 0 unspecified atom stereocenters. The van der Waals surface area contributed by atoms with Gasteiger partial charge in [-0.15, -0.1) is 0 Å². The van der Waals surface area contributed by atoms with Gasteiger partial charge < -0.3 is 14.2 Å². The number of hydrogen-bond donors (Lipinski definition) is 1. The van der Waals surface area contributed by atoms with Gasteiger partial charge in [-0.1, -0.05) is 18.2 Å². The second kappa shape index (κ2) is 6.99. The Hall–Kier alpha value is -2.79. The molecule has 2 aromatic heterocycles. The van der Waals surface area contributed by atoms with Crippen molar-refractivity contribution < 1.29 is 13.6 Å². The largest absolute Gasteiger partial charge is 0.464 e. The molecule has 5 nitrogen and oxygen atoms in total. The lowest BCUT2D eigenvalue weighted by Gasteiger charge is -2.49. The summed E-state index contributed by atoms with van der Waals surface area (Å²) in [6.07, 6.45) is 3.99. The van der Waals surface area contributed by atoms with Crippen LogP contribution in [0.15, 0.2) is 63.6 Å². The summed E-state index contributed by atoms with van der Waals surface area (Å²) in [4.78, 5) is 15.3. The normalized spacial score (nSPS) is 26.3. The number of hydrogen-bond acceptors (Lipinski definition) is 4. The third-order valence-corrected chi connectivity index (χ3v) is 6.26. The van der Waals surface area contributed by atoms with Crippen molar-refractivity contribution in [2.45, 2.75) is 31.8 Å². The molecule has 3 aliphatic rings. The van der Waals surface area contributed by atoms with Crippen molar-refractivity contribution in [1.29, 1.82) is 0 Å². The van der Waals surface area contributed by atoms with Crippen molar-refractivity contribution in [3.05, 3.63) is 60.6 Å². The van der Waals surface area contributed by atoms with Crippen LogP contribution < -0.4 is 5.32 Å². The van der Waals surface area contributed by atoms with Gasteiger partial charge in [0, 0.05) is 23.2 Å². The molecule has 1 amide bonds. The maximum absolute atomic E-state index is 12.8. The third kappa shape index (κ3) is 3.06. The number of fused-ring (bicyclic) bond motifs is 3. The van der Waals surface area contributed by atoms with Crippen LogP contribution >= 0.6 is 0 Å². The van der Waals surface area contributed by atoms with Crippen LogP contribution in [0, 0.1) is 5.92 Å². The Morgan fingerprint density at radius 1 is 1.04 bits per heavy atom. The Morgan fingerprint density at radius 3 is 2.54 bits per heavy atom. The highest BCUT2D eigenvalue weighted by Crippen LogP contribution is 2.33. The molecule has 144 valence electrons. The van der Waals surface area contributed by atoms with Crippen LogP contribution in [0.5, 0.6) is 0 Å². The standard InChI is InChI=1S/C23H24N2O3/c1-15-22(16-9-11-25(15)12-10-16)24-23(26)21-8-7-20(28-21)18-5-2-4-17(14-18)19-6-3-13-27-19/h2-8,13-16,22H,9-12H2,1H3,(H,24,26)/t15-,22-/m0/s1. The topological polar surface area (TPSA) is 58.6 Å². The van der Waals surface area contributed by atoms with Crippen molar-refractivity contribution >= 4 is 5.91 Å². The highest BCUT2D eigenvalue weighted by Gasteiger charge is 2.40. The maximum atomic E-state index is 12.8. The summed E-state index contributed by atoms with van der Waals surface area (Å²) in [6, 6.07) is 15.9. The van der Waals surface area contributed by atoms with Gasteiger partial charge >= 0.3 is 0 Å². The van der Waals surface area contributed by atoms with Gasteiger partial charge in [-0.3, -0.25) is 9.69 Å². The Kier molecular flexibility index (Phi) is 4.32. The first-order valence-electron chi connectivity index (χ1n) is 9.98. The summed E-state index contributed by atoms with van der Waals surface area (Å²) in [5.41, 5.74) is 1.90. The Labute approximate surface area is 164 Å². The predicted molar refractivity (Wildman–Crippen MR) is 107 cm³/mol. The summed E-state index contributed by atoms with van der Waals surface area (Å²) in [7, 11) is 0. The molecule has 5 heterocycles. The van der Waals surface area contributed by atoms with E-state index in [-0.39, 0.29) is 11.9 Å². The first-order chi connectivity index (χ1) is 13.7. The summed E-state index contributed by atoms with van der Waals surface area (Å²) in [5, 5.41) is 3.23. The van der Waals surface area contributed by atoms with Crippen LogP contribution in [0.1, 0.15) is 30.3 Å².